The number of benzene rings is 3. The monoisotopic (exact) mass is 685 g/mol. The first-order chi connectivity index (χ1) is 20.2. The second-order valence-electron chi connectivity index (χ2n) is 9.49. The third-order valence-electron chi connectivity index (χ3n) is 6.94. The summed E-state index contributed by atoms with van der Waals surface area (Å²) in [4.78, 5) is 56.8. The van der Waals surface area contributed by atoms with Crippen molar-refractivity contribution in [1.29, 1.82) is 0 Å². The minimum absolute atomic E-state index is 0.263. The van der Waals surface area contributed by atoms with Gasteiger partial charge in [0.05, 0.1) is 23.7 Å². The summed E-state index contributed by atoms with van der Waals surface area (Å²) in [7, 11) is 1.47. The van der Waals surface area contributed by atoms with Crippen LogP contribution in [0.1, 0.15) is 16.4 Å². The van der Waals surface area contributed by atoms with Crippen molar-refractivity contribution in [3.8, 4) is 11.5 Å². The van der Waals surface area contributed by atoms with Crippen molar-refractivity contribution in [2.75, 3.05) is 23.9 Å². The molecular formula is C29H21BrClN3O6S2. The third kappa shape index (κ3) is 5.35. The van der Waals surface area contributed by atoms with Gasteiger partial charge in [-0.05, 0) is 66.2 Å². The number of H-pyrrole nitrogens is 1. The fourth-order valence-electron chi connectivity index (χ4n) is 5.09. The Bertz CT molecular complexity index is 1760. The van der Waals surface area contributed by atoms with Gasteiger partial charge in [-0.25, -0.2) is 4.90 Å². The number of carbonyl (C=O) groups excluding carboxylic acids is 3. The van der Waals surface area contributed by atoms with Crippen LogP contribution in [0.25, 0.3) is 0 Å². The smallest absolute Gasteiger partial charge is 0.305 e. The van der Waals surface area contributed by atoms with Crippen LogP contribution >= 0.6 is 50.6 Å². The highest BCUT2D eigenvalue weighted by molar-refractivity contribution is 9.10. The van der Waals surface area contributed by atoms with Crippen LogP contribution in [0.5, 0.6) is 11.5 Å². The standard InChI is InChI=1S/C29H21BrClN3O6S2/c1-39-20-12-14(2-11-19(20)40-13-21(35)32-17-7-5-16(31)6-8-17)22-23-25(41-26-24(22)42-29(38)33-26)28(37)34(27(23)36)18-9-3-15(30)4-10-18/h2-12,22-23,25H,13H2,1H3,(H,32,35)(H,33,38)/t22-,23-,25+/m0/s1. The predicted molar refractivity (Wildman–Crippen MR) is 165 cm³/mol. The number of thiazole rings is 1. The Morgan fingerprint density at radius 2 is 1.76 bits per heavy atom. The molecule has 2 aliphatic rings. The second kappa shape index (κ2) is 11.6. The van der Waals surface area contributed by atoms with Gasteiger partial charge in [0.25, 0.3) is 5.91 Å². The van der Waals surface area contributed by atoms with Gasteiger partial charge < -0.3 is 19.8 Å². The molecule has 1 fully saturated rings. The van der Waals surface area contributed by atoms with Crippen molar-refractivity contribution in [1.82, 2.24) is 4.98 Å². The molecule has 0 saturated carbocycles. The Hall–Kier alpha value is -3.58. The number of aromatic nitrogens is 1. The van der Waals surface area contributed by atoms with E-state index in [0.717, 1.165) is 15.8 Å². The van der Waals surface area contributed by atoms with Crippen molar-refractivity contribution in [2.45, 2.75) is 16.2 Å². The Kier molecular flexibility index (Phi) is 7.88. The first kappa shape index (κ1) is 28.5. The minimum Gasteiger partial charge on any atom is -0.493 e. The van der Waals surface area contributed by atoms with Crippen LogP contribution < -0.4 is 24.6 Å². The van der Waals surface area contributed by atoms with Gasteiger partial charge in [0.15, 0.2) is 18.1 Å². The molecule has 0 bridgehead atoms. The zero-order chi connectivity index (χ0) is 29.5. The largest absolute Gasteiger partial charge is 0.493 e. The minimum atomic E-state index is -0.744. The molecule has 42 heavy (non-hydrogen) atoms. The van der Waals surface area contributed by atoms with Crippen molar-refractivity contribution >= 4 is 79.7 Å². The number of nitrogens with zero attached hydrogens (tertiary/aromatic N) is 1. The molecule has 0 radical (unpaired) electrons. The number of methoxy groups -OCH3 is 1. The van der Waals surface area contributed by atoms with E-state index in [2.05, 4.69) is 26.2 Å². The lowest BCUT2D eigenvalue weighted by Gasteiger charge is -2.30. The summed E-state index contributed by atoms with van der Waals surface area (Å²) in [6.07, 6.45) is 0. The highest BCUT2D eigenvalue weighted by Gasteiger charge is 2.56. The molecule has 214 valence electrons. The zero-order valence-corrected chi connectivity index (χ0v) is 25.7. The number of carbonyl (C=O) groups is 3. The van der Waals surface area contributed by atoms with E-state index in [1.807, 2.05) is 0 Å². The molecule has 13 heteroatoms. The van der Waals surface area contributed by atoms with Gasteiger partial charge in [-0.15, -0.1) is 0 Å². The third-order valence-corrected chi connectivity index (χ3v) is 10.1. The average molecular weight is 687 g/mol. The van der Waals surface area contributed by atoms with E-state index in [1.54, 1.807) is 66.7 Å². The quantitative estimate of drug-likeness (QED) is 0.241. The van der Waals surface area contributed by atoms with E-state index in [-0.39, 0.29) is 29.2 Å². The van der Waals surface area contributed by atoms with E-state index in [9.17, 15) is 19.2 Å². The molecule has 1 aromatic heterocycles. The number of rotatable bonds is 7. The Morgan fingerprint density at radius 1 is 1.02 bits per heavy atom. The maximum absolute atomic E-state index is 13.9. The topological polar surface area (TPSA) is 118 Å². The lowest BCUT2D eigenvalue weighted by atomic mass is 9.83. The fourth-order valence-corrected chi connectivity index (χ4v) is 8.00. The van der Waals surface area contributed by atoms with E-state index in [0.29, 0.717) is 43.4 Å². The number of anilines is 2. The summed E-state index contributed by atoms with van der Waals surface area (Å²) in [5.74, 6) is -1.71. The number of ether oxygens (including phenoxy) is 2. The summed E-state index contributed by atoms with van der Waals surface area (Å²) in [6, 6.07) is 18.8. The van der Waals surface area contributed by atoms with Crippen LogP contribution in [0.15, 0.2) is 81.0 Å². The first-order valence-corrected chi connectivity index (χ1v) is 15.5. The van der Waals surface area contributed by atoms with Crippen LogP contribution in [0, 0.1) is 5.92 Å². The van der Waals surface area contributed by atoms with Crippen LogP contribution in [0.4, 0.5) is 11.4 Å². The van der Waals surface area contributed by atoms with Crippen LogP contribution in [-0.2, 0) is 14.4 Å². The highest BCUT2D eigenvalue weighted by Crippen LogP contribution is 2.53. The molecule has 3 amide bonds. The van der Waals surface area contributed by atoms with Crippen LogP contribution in [0.3, 0.4) is 0 Å². The van der Waals surface area contributed by atoms with E-state index < -0.39 is 17.1 Å². The van der Waals surface area contributed by atoms with Crippen molar-refractivity contribution in [3.63, 3.8) is 0 Å². The molecular weight excluding hydrogens is 666 g/mol. The molecule has 2 aliphatic heterocycles. The van der Waals surface area contributed by atoms with Crippen molar-refractivity contribution < 1.29 is 23.9 Å². The van der Waals surface area contributed by atoms with Crippen LogP contribution in [0.2, 0.25) is 5.02 Å². The zero-order valence-electron chi connectivity index (χ0n) is 21.8. The average Bonchev–Trinajstić information content (AvgIpc) is 3.47. The van der Waals surface area contributed by atoms with E-state index >= 15 is 0 Å². The van der Waals surface area contributed by atoms with Crippen molar-refractivity contribution in [3.05, 3.63) is 96.3 Å². The molecule has 6 rings (SSSR count). The summed E-state index contributed by atoms with van der Waals surface area (Å²) in [5, 5.41) is 3.15. The fraction of sp³-hybridized carbons (Fsp3) is 0.172. The summed E-state index contributed by atoms with van der Waals surface area (Å²) in [5.41, 5.74) is 1.74. The maximum Gasteiger partial charge on any atom is 0.305 e. The number of amides is 3. The SMILES string of the molecule is COc1cc([C@@H]2c3sc(=O)[nH]c3S[C@H]3C(=O)N(c4ccc(Br)cc4)C(=O)[C@@H]23)ccc1OCC(=O)Nc1ccc(Cl)cc1. The maximum atomic E-state index is 13.9. The van der Waals surface area contributed by atoms with Gasteiger partial charge in [0.2, 0.25) is 11.8 Å². The highest BCUT2D eigenvalue weighted by atomic mass is 79.9. The van der Waals surface area contributed by atoms with Gasteiger partial charge in [-0.1, -0.05) is 56.7 Å². The number of fused-ring (bicyclic) bond motifs is 2. The lowest BCUT2D eigenvalue weighted by Crippen LogP contribution is -2.32. The summed E-state index contributed by atoms with van der Waals surface area (Å²) >= 11 is 11.5. The van der Waals surface area contributed by atoms with E-state index in [1.165, 1.54) is 23.8 Å². The van der Waals surface area contributed by atoms with Gasteiger partial charge in [0, 0.05) is 26.0 Å². The normalized spacial score (nSPS) is 19.3. The number of imide groups is 1. The van der Waals surface area contributed by atoms with E-state index in [4.69, 9.17) is 21.1 Å². The number of nitrogens with one attached hydrogen (secondary N) is 2. The lowest BCUT2D eigenvalue weighted by molar-refractivity contribution is -0.122. The number of halogens is 2. The summed E-state index contributed by atoms with van der Waals surface area (Å²) in [6.45, 7) is -0.276. The number of hydrogen-bond acceptors (Lipinski definition) is 8. The number of thioether (sulfide) groups is 1. The Morgan fingerprint density at radius 3 is 2.48 bits per heavy atom. The molecule has 3 aromatic carbocycles. The second-order valence-corrected chi connectivity index (χ2v) is 13.0. The van der Waals surface area contributed by atoms with Crippen molar-refractivity contribution in [2.24, 2.45) is 5.92 Å². The number of aromatic amines is 1. The van der Waals surface area contributed by atoms with Gasteiger partial charge >= 0.3 is 4.87 Å². The van der Waals surface area contributed by atoms with Gasteiger partial charge in [-0.3, -0.25) is 19.2 Å². The molecule has 0 unspecified atom stereocenters. The molecule has 4 aromatic rings. The van der Waals surface area contributed by atoms with Gasteiger partial charge in [-0.2, -0.15) is 0 Å². The molecule has 0 aliphatic carbocycles. The molecule has 3 heterocycles. The van der Waals surface area contributed by atoms with Crippen LogP contribution in [-0.4, -0.2) is 41.7 Å². The summed E-state index contributed by atoms with van der Waals surface area (Å²) < 4.78 is 12.2. The van der Waals surface area contributed by atoms with Gasteiger partial charge in [0.1, 0.15) is 5.25 Å². The number of hydrogen-bond donors (Lipinski definition) is 2. The Labute approximate surface area is 261 Å². The molecule has 0 spiro atoms. The molecule has 1 saturated heterocycles. The first-order valence-electron chi connectivity index (χ1n) is 12.6. The Balaban J connectivity index is 1.29. The predicted octanol–water partition coefficient (Wildman–Crippen LogP) is 5.67. The molecule has 2 N–H and O–H groups in total. The molecule has 3 atom stereocenters. The molecule has 9 nitrogen and oxygen atoms in total.